The van der Waals surface area contributed by atoms with Crippen molar-refractivity contribution in [3.63, 3.8) is 0 Å². The summed E-state index contributed by atoms with van der Waals surface area (Å²) in [6.45, 7) is 0. The third kappa shape index (κ3) is 1.90. The normalized spacial score (nSPS) is 17.5. The predicted molar refractivity (Wildman–Crippen MR) is 79.3 cm³/mol. The summed E-state index contributed by atoms with van der Waals surface area (Å²) in [5.41, 5.74) is 8.01. The minimum Gasteiger partial charge on any atom is -0.0622 e. The SMILES string of the molecule is c1ccc(C[C]2CCc3ccc4c(c32)CCC4)cc1. The van der Waals surface area contributed by atoms with Crippen molar-refractivity contribution in [2.24, 2.45) is 0 Å². The maximum absolute atomic E-state index is 2.39. The van der Waals surface area contributed by atoms with Crippen LogP contribution in [0.15, 0.2) is 42.5 Å². The Morgan fingerprint density at radius 3 is 2.47 bits per heavy atom. The van der Waals surface area contributed by atoms with Crippen molar-refractivity contribution in [1.82, 2.24) is 0 Å². The molecule has 0 heterocycles. The van der Waals surface area contributed by atoms with E-state index in [2.05, 4.69) is 42.5 Å². The van der Waals surface area contributed by atoms with Crippen molar-refractivity contribution in [2.45, 2.75) is 38.5 Å². The summed E-state index contributed by atoms with van der Waals surface area (Å²) >= 11 is 0. The van der Waals surface area contributed by atoms with Crippen molar-refractivity contribution < 1.29 is 0 Å². The summed E-state index contributed by atoms with van der Waals surface area (Å²) in [7, 11) is 0. The van der Waals surface area contributed by atoms with Crippen LogP contribution in [-0.4, -0.2) is 0 Å². The quantitative estimate of drug-likeness (QED) is 0.742. The van der Waals surface area contributed by atoms with E-state index < -0.39 is 0 Å². The average molecular weight is 247 g/mol. The summed E-state index contributed by atoms with van der Waals surface area (Å²) < 4.78 is 0. The van der Waals surface area contributed by atoms with Crippen molar-refractivity contribution in [1.29, 1.82) is 0 Å². The van der Waals surface area contributed by atoms with Crippen molar-refractivity contribution >= 4 is 0 Å². The van der Waals surface area contributed by atoms with E-state index in [1.165, 1.54) is 37.7 Å². The van der Waals surface area contributed by atoms with Crippen LogP contribution in [0.1, 0.15) is 40.7 Å². The molecule has 0 nitrogen and oxygen atoms in total. The van der Waals surface area contributed by atoms with E-state index >= 15 is 0 Å². The van der Waals surface area contributed by atoms with Crippen LogP contribution in [0.3, 0.4) is 0 Å². The molecule has 0 bridgehead atoms. The van der Waals surface area contributed by atoms with E-state index in [-0.39, 0.29) is 0 Å². The van der Waals surface area contributed by atoms with Gasteiger partial charge in [-0.1, -0.05) is 42.5 Å². The second-order valence-corrected chi connectivity index (χ2v) is 5.86. The molecule has 2 aromatic carbocycles. The van der Waals surface area contributed by atoms with E-state index in [0.717, 1.165) is 6.42 Å². The van der Waals surface area contributed by atoms with Gasteiger partial charge < -0.3 is 0 Å². The van der Waals surface area contributed by atoms with Gasteiger partial charge >= 0.3 is 0 Å². The lowest BCUT2D eigenvalue weighted by Crippen LogP contribution is -2.03. The predicted octanol–water partition coefficient (Wildman–Crippen LogP) is 4.29. The fourth-order valence-corrected chi connectivity index (χ4v) is 3.79. The van der Waals surface area contributed by atoms with E-state index in [9.17, 15) is 0 Å². The maximum Gasteiger partial charge on any atom is 0.0102 e. The van der Waals surface area contributed by atoms with Gasteiger partial charge in [0.05, 0.1) is 0 Å². The minimum atomic E-state index is 1.14. The molecule has 2 aromatic rings. The first kappa shape index (κ1) is 11.3. The molecular formula is C19H19. The lowest BCUT2D eigenvalue weighted by Gasteiger charge is -2.15. The van der Waals surface area contributed by atoms with Crippen molar-refractivity contribution in [3.8, 4) is 0 Å². The highest BCUT2D eigenvalue weighted by molar-refractivity contribution is 5.54. The topological polar surface area (TPSA) is 0 Å². The van der Waals surface area contributed by atoms with Gasteiger partial charge in [0, 0.05) is 5.92 Å². The molecule has 19 heavy (non-hydrogen) atoms. The van der Waals surface area contributed by atoms with Gasteiger partial charge in [-0.25, -0.2) is 0 Å². The maximum atomic E-state index is 2.39. The summed E-state index contributed by atoms with van der Waals surface area (Å²) in [4.78, 5) is 0. The zero-order valence-electron chi connectivity index (χ0n) is 11.3. The monoisotopic (exact) mass is 247 g/mol. The number of benzene rings is 2. The molecule has 0 aromatic heterocycles. The summed E-state index contributed by atoms with van der Waals surface area (Å²) in [5.74, 6) is 1.68. The Balaban J connectivity index is 1.70. The third-order valence-electron chi connectivity index (χ3n) is 4.68. The van der Waals surface area contributed by atoms with Crippen LogP contribution in [-0.2, 0) is 25.7 Å². The fourth-order valence-electron chi connectivity index (χ4n) is 3.79. The minimum absolute atomic E-state index is 1.14. The van der Waals surface area contributed by atoms with Gasteiger partial charge in [-0.05, 0) is 66.3 Å². The van der Waals surface area contributed by atoms with Crippen LogP contribution in [0.4, 0.5) is 0 Å². The van der Waals surface area contributed by atoms with E-state index in [1.54, 1.807) is 28.2 Å². The molecule has 0 aliphatic heterocycles. The van der Waals surface area contributed by atoms with E-state index in [4.69, 9.17) is 0 Å². The molecular weight excluding hydrogens is 228 g/mol. The zero-order valence-corrected chi connectivity index (χ0v) is 11.3. The summed E-state index contributed by atoms with van der Waals surface area (Å²) in [6, 6.07) is 15.7. The smallest absolute Gasteiger partial charge is 0.0102 e. The Kier molecular flexibility index (Phi) is 2.69. The number of fused-ring (bicyclic) bond motifs is 3. The fraction of sp³-hybridized carbons (Fsp3) is 0.316. The van der Waals surface area contributed by atoms with Gasteiger partial charge in [-0.15, -0.1) is 0 Å². The molecule has 0 saturated heterocycles. The molecule has 0 saturated carbocycles. The third-order valence-corrected chi connectivity index (χ3v) is 4.68. The second kappa shape index (κ2) is 4.52. The number of hydrogen-bond acceptors (Lipinski definition) is 0. The van der Waals surface area contributed by atoms with Crippen LogP contribution in [0.5, 0.6) is 0 Å². The van der Waals surface area contributed by atoms with Crippen molar-refractivity contribution in [3.05, 3.63) is 76.2 Å². The highest BCUT2D eigenvalue weighted by Crippen LogP contribution is 2.41. The summed E-state index contributed by atoms with van der Waals surface area (Å²) in [5, 5.41) is 0. The van der Waals surface area contributed by atoms with Crippen LogP contribution in [0.2, 0.25) is 0 Å². The molecule has 1 radical (unpaired) electrons. The average Bonchev–Trinajstić information content (AvgIpc) is 3.06. The van der Waals surface area contributed by atoms with Crippen LogP contribution in [0.25, 0.3) is 0 Å². The zero-order chi connectivity index (χ0) is 12.7. The van der Waals surface area contributed by atoms with Gasteiger partial charge in [-0.3, -0.25) is 0 Å². The van der Waals surface area contributed by atoms with Crippen molar-refractivity contribution in [2.75, 3.05) is 0 Å². The molecule has 0 atom stereocenters. The van der Waals surface area contributed by atoms with Crippen LogP contribution >= 0.6 is 0 Å². The highest BCUT2D eigenvalue weighted by Gasteiger charge is 2.28. The molecule has 0 N–H and O–H groups in total. The van der Waals surface area contributed by atoms with Gasteiger partial charge in [-0.2, -0.15) is 0 Å². The second-order valence-electron chi connectivity index (χ2n) is 5.86. The van der Waals surface area contributed by atoms with E-state index in [0.29, 0.717) is 0 Å². The summed E-state index contributed by atoms with van der Waals surface area (Å²) in [6.07, 6.45) is 7.61. The molecule has 0 amide bonds. The van der Waals surface area contributed by atoms with Crippen LogP contribution < -0.4 is 0 Å². The van der Waals surface area contributed by atoms with Gasteiger partial charge in [0.1, 0.15) is 0 Å². The molecule has 95 valence electrons. The number of rotatable bonds is 2. The lowest BCUT2D eigenvalue weighted by atomic mass is 9.89. The Labute approximate surface area is 115 Å². The highest BCUT2D eigenvalue weighted by atomic mass is 14.3. The van der Waals surface area contributed by atoms with Gasteiger partial charge in [0.25, 0.3) is 0 Å². The Morgan fingerprint density at radius 2 is 1.58 bits per heavy atom. The molecule has 2 aliphatic rings. The van der Waals surface area contributed by atoms with Gasteiger partial charge in [0.15, 0.2) is 0 Å². The molecule has 2 aliphatic carbocycles. The molecule has 0 fully saturated rings. The molecule has 0 unspecified atom stereocenters. The Morgan fingerprint density at radius 1 is 0.737 bits per heavy atom. The standard InChI is InChI=1S/C19H19/c1-2-5-14(6-3-1)13-17-12-11-16-10-9-15-7-4-8-18(15)19(16)17/h1-3,5-6,9-10H,4,7-8,11-13H2. The largest absolute Gasteiger partial charge is 0.0622 e. The molecule has 0 heteroatoms. The first-order chi connectivity index (χ1) is 9.42. The van der Waals surface area contributed by atoms with Crippen LogP contribution in [0, 0.1) is 5.92 Å². The first-order valence-corrected chi connectivity index (χ1v) is 7.44. The Hall–Kier alpha value is -1.56. The first-order valence-electron chi connectivity index (χ1n) is 7.44. The van der Waals surface area contributed by atoms with E-state index in [1.807, 2.05) is 0 Å². The Bertz CT molecular complexity index is 595. The van der Waals surface area contributed by atoms with Gasteiger partial charge in [0.2, 0.25) is 0 Å². The molecule has 0 spiro atoms. The number of aryl methyl sites for hydroxylation is 2. The molecule has 4 rings (SSSR count). The number of hydrogen-bond donors (Lipinski definition) is 0. The lowest BCUT2D eigenvalue weighted by molar-refractivity contribution is 0.862.